The van der Waals surface area contributed by atoms with Crippen molar-refractivity contribution in [3.05, 3.63) is 59.4 Å². The summed E-state index contributed by atoms with van der Waals surface area (Å²) in [6.07, 6.45) is -0.226. The summed E-state index contributed by atoms with van der Waals surface area (Å²) < 4.78 is 19.0. The highest BCUT2D eigenvalue weighted by Gasteiger charge is 2.18. The van der Waals surface area contributed by atoms with Gasteiger partial charge in [-0.05, 0) is 62.4 Å². The van der Waals surface area contributed by atoms with Gasteiger partial charge in [0.1, 0.15) is 17.2 Å². The Hall–Kier alpha value is -2.38. The minimum absolute atomic E-state index is 0.226. The Morgan fingerprint density at radius 1 is 1.00 bits per heavy atom. The fourth-order valence-corrected chi connectivity index (χ4v) is 3.69. The number of ether oxygens (including phenoxy) is 3. The number of rotatable bonds is 10. The van der Waals surface area contributed by atoms with Crippen LogP contribution in [0.25, 0.3) is 0 Å². The van der Waals surface area contributed by atoms with E-state index >= 15 is 0 Å². The van der Waals surface area contributed by atoms with Crippen molar-refractivity contribution in [1.82, 2.24) is 14.8 Å². The van der Waals surface area contributed by atoms with Crippen LogP contribution in [0.3, 0.4) is 0 Å². The smallest absolute Gasteiger partial charge is 0.191 e. The zero-order valence-corrected chi connectivity index (χ0v) is 18.2. The van der Waals surface area contributed by atoms with Gasteiger partial charge < -0.3 is 18.8 Å². The minimum Gasteiger partial charge on any atom is -0.497 e. The maximum Gasteiger partial charge on any atom is 0.191 e. The van der Waals surface area contributed by atoms with Crippen molar-refractivity contribution in [2.75, 3.05) is 19.5 Å². The molecular formula is C21H24ClN3O3S. The molecule has 3 aromatic rings. The molecule has 1 heterocycles. The number of hydrogen-bond acceptors (Lipinski definition) is 6. The second-order valence-electron chi connectivity index (χ2n) is 6.17. The molecule has 0 fully saturated rings. The average Bonchev–Trinajstić information content (AvgIpc) is 3.16. The molecule has 0 saturated heterocycles. The third kappa shape index (κ3) is 5.81. The number of hydrogen-bond donors (Lipinski definition) is 0. The van der Waals surface area contributed by atoms with Gasteiger partial charge in [0.25, 0.3) is 0 Å². The Kier molecular flexibility index (Phi) is 7.66. The summed E-state index contributed by atoms with van der Waals surface area (Å²) in [5, 5.41) is 10.2. The Labute approximate surface area is 180 Å². The molecule has 0 aliphatic rings. The molecule has 0 aliphatic carbocycles. The first kappa shape index (κ1) is 21.3. The maximum absolute atomic E-state index is 6.03. The van der Waals surface area contributed by atoms with Gasteiger partial charge in [0.05, 0.1) is 13.7 Å². The first-order valence-corrected chi connectivity index (χ1v) is 10.7. The predicted octanol–water partition coefficient (Wildman–Crippen LogP) is 5.27. The van der Waals surface area contributed by atoms with E-state index < -0.39 is 0 Å². The van der Waals surface area contributed by atoms with Gasteiger partial charge in [0.2, 0.25) is 0 Å². The van der Waals surface area contributed by atoms with E-state index in [0.717, 1.165) is 40.5 Å². The molecule has 0 bridgehead atoms. The molecule has 154 valence electrons. The van der Waals surface area contributed by atoms with Gasteiger partial charge >= 0.3 is 0 Å². The predicted molar refractivity (Wildman–Crippen MR) is 115 cm³/mol. The third-order valence-electron chi connectivity index (χ3n) is 4.19. The van der Waals surface area contributed by atoms with E-state index in [1.165, 1.54) is 0 Å². The van der Waals surface area contributed by atoms with Gasteiger partial charge in [0, 0.05) is 17.3 Å². The van der Waals surface area contributed by atoms with E-state index in [1.54, 1.807) is 18.9 Å². The molecule has 0 saturated carbocycles. The quantitative estimate of drug-likeness (QED) is 0.320. The van der Waals surface area contributed by atoms with Crippen LogP contribution in [0.5, 0.6) is 17.2 Å². The maximum atomic E-state index is 6.03. The van der Waals surface area contributed by atoms with E-state index in [9.17, 15) is 0 Å². The SMILES string of the molecule is CCn1c(SCCOc2ccc(Cl)cc2)nnc1C(C)Oc1ccc(OC)cc1. The van der Waals surface area contributed by atoms with Crippen LogP contribution in [0, 0.1) is 0 Å². The number of benzene rings is 2. The van der Waals surface area contributed by atoms with Gasteiger partial charge in [-0.3, -0.25) is 0 Å². The summed E-state index contributed by atoms with van der Waals surface area (Å²) in [6.45, 7) is 5.37. The minimum atomic E-state index is -0.226. The number of aromatic nitrogens is 3. The van der Waals surface area contributed by atoms with Crippen molar-refractivity contribution < 1.29 is 14.2 Å². The molecule has 0 radical (unpaired) electrons. The highest BCUT2D eigenvalue weighted by Crippen LogP contribution is 2.26. The molecule has 29 heavy (non-hydrogen) atoms. The van der Waals surface area contributed by atoms with Crippen LogP contribution >= 0.6 is 23.4 Å². The Morgan fingerprint density at radius 3 is 2.31 bits per heavy atom. The largest absolute Gasteiger partial charge is 0.497 e. The van der Waals surface area contributed by atoms with E-state index in [1.807, 2.05) is 55.5 Å². The van der Waals surface area contributed by atoms with E-state index in [0.29, 0.717) is 11.6 Å². The van der Waals surface area contributed by atoms with Gasteiger partial charge in [-0.25, -0.2) is 0 Å². The van der Waals surface area contributed by atoms with Crippen LogP contribution in [-0.2, 0) is 6.54 Å². The van der Waals surface area contributed by atoms with Crippen LogP contribution < -0.4 is 14.2 Å². The van der Waals surface area contributed by atoms with Gasteiger partial charge in [-0.1, -0.05) is 23.4 Å². The molecule has 2 aromatic carbocycles. The highest BCUT2D eigenvalue weighted by atomic mass is 35.5. The zero-order valence-electron chi connectivity index (χ0n) is 16.7. The topological polar surface area (TPSA) is 58.4 Å². The van der Waals surface area contributed by atoms with Crippen LogP contribution in [0.1, 0.15) is 25.8 Å². The Bertz CT molecular complexity index is 901. The zero-order chi connectivity index (χ0) is 20.6. The van der Waals surface area contributed by atoms with Crippen molar-refractivity contribution in [2.45, 2.75) is 31.7 Å². The van der Waals surface area contributed by atoms with Crippen LogP contribution in [0.15, 0.2) is 53.7 Å². The highest BCUT2D eigenvalue weighted by molar-refractivity contribution is 7.99. The fourth-order valence-electron chi connectivity index (χ4n) is 2.74. The first-order chi connectivity index (χ1) is 14.1. The van der Waals surface area contributed by atoms with E-state index in [4.69, 9.17) is 25.8 Å². The number of halogens is 1. The summed E-state index contributed by atoms with van der Waals surface area (Å²) in [4.78, 5) is 0. The second-order valence-corrected chi connectivity index (χ2v) is 7.67. The van der Waals surface area contributed by atoms with Crippen molar-refractivity contribution >= 4 is 23.4 Å². The summed E-state index contributed by atoms with van der Waals surface area (Å²) in [5.74, 6) is 3.91. The molecule has 1 aromatic heterocycles. The van der Waals surface area contributed by atoms with Crippen molar-refractivity contribution in [1.29, 1.82) is 0 Å². The lowest BCUT2D eigenvalue weighted by Crippen LogP contribution is -2.12. The van der Waals surface area contributed by atoms with Crippen LogP contribution in [-0.4, -0.2) is 34.2 Å². The second kappa shape index (κ2) is 10.4. The normalized spacial score (nSPS) is 11.9. The van der Waals surface area contributed by atoms with E-state index in [-0.39, 0.29) is 6.10 Å². The lowest BCUT2D eigenvalue weighted by atomic mass is 10.3. The van der Waals surface area contributed by atoms with Crippen LogP contribution in [0.2, 0.25) is 5.02 Å². The fraction of sp³-hybridized carbons (Fsp3) is 0.333. The molecule has 0 amide bonds. The van der Waals surface area contributed by atoms with Crippen LogP contribution in [0.4, 0.5) is 0 Å². The summed E-state index contributed by atoms with van der Waals surface area (Å²) in [5.41, 5.74) is 0. The molecule has 1 atom stereocenters. The molecule has 1 unspecified atom stereocenters. The standard InChI is InChI=1S/C21H24ClN3O3S/c1-4-25-20(15(2)28-19-11-9-17(26-3)10-12-19)23-24-21(25)29-14-13-27-18-7-5-16(22)6-8-18/h5-12,15H,4,13-14H2,1-3H3. The lowest BCUT2D eigenvalue weighted by molar-refractivity contribution is 0.209. The van der Waals surface area contributed by atoms with E-state index in [2.05, 4.69) is 21.7 Å². The Balaban J connectivity index is 1.56. The summed E-state index contributed by atoms with van der Waals surface area (Å²) in [7, 11) is 1.64. The molecule has 3 rings (SSSR count). The summed E-state index contributed by atoms with van der Waals surface area (Å²) >= 11 is 7.50. The lowest BCUT2D eigenvalue weighted by Gasteiger charge is -2.16. The number of nitrogens with zero attached hydrogens (tertiary/aromatic N) is 3. The van der Waals surface area contributed by atoms with Gasteiger partial charge in [-0.15, -0.1) is 10.2 Å². The number of methoxy groups -OCH3 is 1. The third-order valence-corrected chi connectivity index (χ3v) is 5.38. The first-order valence-electron chi connectivity index (χ1n) is 9.35. The van der Waals surface area contributed by atoms with Crippen molar-refractivity contribution in [3.63, 3.8) is 0 Å². The van der Waals surface area contributed by atoms with Crippen molar-refractivity contribution in [2.24, 2.45) is 0 Å². The average molecular weight is 434 g/mol. The molecule has 0 aliphatic heterocycles. The van der Waals surface area contributed by atoms with Crippen molar-refractivity contribution in [3.8, 4) is 17.2 Å². The Morgan fingerprint density at radius 2 is 1.66 bits per heavy atom. The monoisotopic (exact) mass is 433 g/mol. The molecule has 0 spiro atoms. The molecule has 6 nitrogen and oxygen atoms in total. The van der Waals surface area contributed by atoms with Gasteiger partial charge in [0.15, 0.2) is 17.1 Å². The van der Waals surface area contributed by atoms with Gasteiger partial charge in [-0.2, -0.15) is 0 Å². The molecule has 0 N–H and O–H groups in total. The number of thioether (sulfide) groups is 1. The summed E-state index contributed by atoms with van der Waals surface area (Å²) in [6, 6.07) is 14.8. The molecular weight excluding hydrogens is 410 g/mol. The molecule has 8 heteroatoms.